The molecule has 114 valence electrons. The molecular formula is C16H21NO4. The van der Waals surface area contributed by atoms with Crippen molar-refractivity contribution in [3.05, 3.63) is 29.3 Å². The number of carbonyl (C=O) groups excluding carboxylic acids is 1. The summed E-state index contributed by atoms with van der Waals surface area (Å²) in [6, 6.07) is 4.44. The van der Waals surface area contributed by atoms with Gasteiger partial charge in [0.2, 0.25) is 0 Å². The number of aliphatic carboxylic acids is 1. The van der Waals surface area contributed by atoms with Crippen molar-refractivity contribution >= 4 is 11.9 Å². The van der Waals surface area contributed by atoms with Gasteiger partial charge in [0, 0.05) is 5.56 Å². The second-order valence-corrected chi connectivity index (χ2v) is 6.04. The van der Waals surface area contributed by atoms with Gasteiger partial charge in [0.05, 0.1) is 0 Å². The first-order chi connectivity index (χ1) is 9.84. The fraction of sp³-hybridized carbons (Fsp3) is 0.500. The normalized spacial score (nSPS) is 25.3. The maximum absolute atomic E-state index is 12.4. The molecule has 1 fully saturated rings. The molecule has 1 aromatic rings. The van der Waals surface area contributed by atoms with Gasteiger partial charge < -0.3 is 15.5 Å². The number of benzene rings is 1. The standard InChI is InChI=1S/C16H21NO4/c1-10-4-3-7-16(9-10,15(20)21)17-14(19)13-6-5-12(18)8-11(13)2/h5-6,8,10,18H,3-4,7,9H2,1-2H3,(H,17,19)(H,20,21). The second kappa shape index (κ2) is 5.76. The molecule has 1 aromatic carbocycles. The second-order valence-electron chi connectivity index (χ2n) is 6.04. The Bertz CT molecular complexity index is 569. The van der Waals surface area contributed by atoms with Crippen molar-refractivity contribution < 1.29 is 19.8 Å². The van der Waals surface area contributed by atoms with Crippen molar-refractivity contribution in [3.8, 4) is 5.75 Å². The van der Waals surface area contributed by atoms with E-state index in [0.717, 1.165) is 12.8 Å². The Balaban J connectivity index is 2.24. The SMILES string of the molecule is Cc1cc(O)ccc1C(=O)NC1(C(=O)O)CCCC(C)C1. The van der Waals surface area contributed by atoms with E-state index in [9.17, 15) is 19.8 Å². The van der Waals surface area contributed by atoms with Crippen molar-refractivity contribution in [1.82, 2.24) is 5.32 Å². The number of carboxylic acids is 1. The fourth-order valence-electron chi connectivity index (χ4n) is 3.10. The van der Waals surface area contributed by atoms with Crippen molar-refractivity contribution in [2.24, 2.45) is 5.92 Å². The lowest BCUT2D eigenvalue weighted by molar-refractivity contribution is -0.146. The molecule has 1 aliphatic carbocycles. The average Bonchev–Trinajstić information content (AvgIpc) is 2.38. The van der Waals surface area contributed by atoms with Gasteiger partial charge in [0.1, 0.15) is 11.3 Å². The first kappa shape index (κ1) is 15.4. The van der Waals surface area contributed by atoms with Crippen LogP contribution in [0.3, 0.4) is 0 Å². The van der Waals surface area contributed by atoms with Crippen molar-refractivity contribution in [3.63, 3.8) is 0 Å². The molecule has 0 spiro atoms. The van der Waals surface area contributed by atoms with Crippen LogP contribution in [0.2, 0.25) is 0 Å². The van der Waals surface area contributed by atoms with Crippen LogP contribution in [0.25, 0.3) is 0 Å². The number of phenols is 1. The predicted molar refractivity (Wildman–Crippen MR) is 78.3 cm³/mol. The molecule has 3 N–H and O–H groups in total. The Morgan fingerprint density at radius 2 is 2.10 bits per heavy atom. The van der Waals surface area contributed by atoms with Crippen LogP contribution < -0.4 is 5.32 Å². The van der Waals surface area contributed by atoms with Crippen LogP contribution in [0.5, 0.6) is 5.75 Å². The number of carbonyl (C=O) groups is 2. The molecule has 0 heterocycles. The lowest BCUT2D eigenvalue weighted by Crippen LogP contribution is -2.56. The summed E-state index contributed by atoms with van der Waals surface area (Å²) in [5.41, 5.74) is -0.164. The number of carboxylic acid groups (broad SMARTS) is 1. The summed E-state index contributed by atoms with van der Waals surface area (Å²) in [6.07, 6.45) is 2.69. The highest BCUT2D eigenvalue weighted by molar-refractivity contribution is 5.99. The number of phenolic OH excluding ortho intramolecular Hbond substituents is 1. The van der Waals surface area contributed by atoms with E-state index >= 15 is 0 Å². The lowest BCUT2D eigenvalue weighted by atomic mass is 9.76. The zero-order chi connectivity index (χ0) is 15.6. The summed E-state index contributed by atoms with van der Waals surface area (Å²) >= 11 is 0. The van der Waals surface area contributed by atoms with Gasteiger partial charge in [0.15, 0.2) is 0 Å². The van der Waals surface area contributed by atoms with Gasteiger partial charge in [-0.15, -0.1) is 0 Å². The van der Waals surface area contributed by atoms with E-state index in [4.69, 9.17) is 0 Å². The van der Waals surface area contributed by atoms with E-state index < -0.39 is 17.4 Å². The number of hydrogen-bond donors (Lipinski definition) is 3. The maximum atomic E-state index is 12.4. The van der Waals surface area contributed by atoms with Crippen molar-refractivity contribution in [2.75, 3.05) is 0 Å². The molecule has 5 heteroatoms. The van der Waals surface area contributed by atoms with E-state index in [1.54, 1.807) is 6.92 Å². The monoisotopic (exact) mass is 291 g/mol. The first-order valence-electron chi connectivity index (χ1n) is 7.19. The minimum absolute atomic E-state index is 0.0864. The van der Waals surface area contributed by atoms with E-state index in [-0.39, 0.29) is 11.7 Å². The quantitative estimate of drug-likeness (QED) is 0.798. The number of aromatic hydroxyl groups is 1. The number of rotatable bonds is 3. The van der Waals surface area contributed by atoms with Gasteiger partial charge in [0.25, 0.3) is 5.91 Å². The molecule has 1 saturated carbocycles. The Labute approximate surface area is 124 Å². The van der Waals surface area contributed by atoms with Gasteiger partial charge in [-0.1, -0.05) is 19.8 Å². The zero-order valence-corrected chi connectivity index (χ0v) is 12.3. The molecule has 0 aromatic heterocycles. The minimum Gasteiger partial charge on any atom is -0.508 e. The fourth-order valence-corrected chi connectivity index (χ4v) is 3.10. The summed E-state index contributed by atoms with van der Waals surface area (Å²) in [7, 11) is 0. The van der Waals surface area contributed by atoms with Crippen LogP contribution >= 0.6 is 0 Å². The van der Waals surface area contributed by atoms with Crippen LogP contribution in [-0.2, 0) is 4.79 Å². The smallest absolute Gasteiger partial charge is 0.329 e. The van der Waals surface area contributed by atoms with Gasteiger partial charge >= 0.3 is 5.97 Å². The van der Waals surface area contributed by atoms with Crippen molar-refractivity contribution in [2.45, 2.75) is 45.1 Å². The molecule has 2 atom stereocenters. The van der Waals surface area contributed by atoms with Gasteiger partial charge in [-0.3, -0.25) is 4.79 Å². The lowest BCUT2D eigenvalue weighted by Gasteiger charge is -2.37. The van der Waals surface area contributed by atoms with E-state index in [0.29, 0.717) is 24.0 Å². The topological polar surface area (TPSA) is 86.6 Å². The molecule has 0 saturated heterocycles. The number of nitrogens with one attached hydrogen (secondary N) is 1. The molecule has 1 aliphatic rings. The molecule has 0 bridgehead atoms. The van der Waals surface area contributed by atoms with Crippen molar-refractivity contribution in [1.29, 1.82) is 0 Å². The van der Waals surface area contributed by atoms with E-state index in [1.807, 2.05) is 6.92 Å². The molecule has 21 heavy (non-hydrogen) atoms. The highest BCUT2D eigenvalue weighted by atomic mass is 16.4. The van der Waals surface area contributed by atoms with Crippen LogP contribution in [0.15, 0.2) is 18.2 Å². The van der Waals surface area contributed by atoms with Crippen LogP contribution in [0.4, 0.5) is 0 Å². The summed E-state index contributed by atoms with van der Waals surface area (Å²) in [5.74, 6) is -1.01. The largest absolute Gasteiger partial charge is 0.508 e. The van der Waals surface area contributed by atoms with Gasteiger partial charge in [-0.25, -0.2) is 4.79 Å². The summed E-state index contributed by atoms with van der Waals surface area (Å²) in [5, 5.41) is 21.7. The number of aryl methyl sites for hydroxylation is 1. The highest BCUT2D eigenvalue weighted by Gasteiger charge is 2.43. The summed E-state index contributed by atoms with van der Waals surface area (Å²) in [6.45, 7) is 3.72. The molecule has 2 unspecified atom stereocenters. The van der Waals surface area contributed by atoms with Crippen LogP contribution in [0, 0.1) is 12.8 Å². The third-order valence-corrected chi connectivity index (χ3v) is 4.21. The maximum Gasteiger partial charge on any atom is 0.329 e. The molecule has 2 rings (SSSR count). The van der Waals surface area contributed by atoms with Gasteiger partial charge in [-0.2, -0.15) is 0 Å². The zero-order valence-electron chi connectivity index (χ0n) is 12.3. The first-order valence-corrected chi connectivity index (χ1v) is 7.19. The van der Waals surface area contributed by atoms with Gasteiger partial charge in [-0.05, 0) is 49.4 Å². The van der Waals surface area contributed by atoms with E-state index in [2.05, 4.69) is 5.32 Å². The third kappa shape index (κ3) is 3.17. The van der Waals surface area contributed by atoms with Crippen LogP contribution in [0.1, 0.15) is 48.5 Å². The Morgan fingerprint density at radius 3 is 2.67 bits per heavy atom. The average molecular weight is 291 g/mol. The number of hydrogen-bond acceptors (Lipinski definition) is 3. The molecular weight excluding hydrogens is 270 g/mol. The summed E-state index contributed by atoms with van der Waals surface area (Å²) < 4.78 is 0. The summed E-state index contributed by atoms with van der Waals surface area (Å²) in [4.78, 5) is 24.1. The van der Waals surface area contributed by atoms with Crippen LogP contribution in [-0.4, -0.2) is 27.6 Å². The Hall–Kier alpha value is -2.04. The molecule has 1 amide bonds. The van der Waals surface area contributed by atoms with E-state index in [1.165, 1.54) is 18.2 Å². The predicted octanol–water partition coefficient (Wildman–Crippen LogP) is 2.46. The Morgan fingerprint density at radius 1 is 1.38 bits per heavy atom. The molecule has 0 aliphatic heterocycles. The number of amides is 1. The highest BCUT2D eigenvalue weighted by Crippen LogP contribution is 2.33. The third-order valence-electron chi connectivity index (χ3n) is 4.21. The molecule has 5 nitrogen and oxygen atoms in total. The molecule has 0 radical (unpaired) electrons. The minimum atomic E-state index is -1.18. The Kier molecular flexibility index (Phi) is 4.21.